The van der Waals surface area contributed by atoms with Crippen molar-refractivity contribution in [3.63, 3.8) is 0 Å². The topological polar surface area (TPSA) is 101 Å². The maximum absolute atomic E-state index is 12.7. The van der Waals surface area contributed by atoms with Crippen LogP contribution in [-0.2, 0) is 17.6 Å². The van der Waals surface area contributed by atoms with E-state index in [9.17, 15) is 14.4 Å². The molecule has 8 heteroatoms. The van der Waals surface area contributed by atoms with Crippen molar-refractivity contribution in [2.45, 2.75) is 45.4 Å². The van der Waals surface area contributed by atoms with E-state index in [-0.39, 0.29) is 17.4 Å². The Kier molecular flexibility index (Phi) is 3.74. The molecule has 0 aromatic carbocycles. The zero-order valence-electron chi connectivity index (χ0n) is 14.0. The molecule has 0 spiro atoms. The minimum atomic E-state index is -0.336. The molecule has 1 aliphatic heterocycles. The molecule has 2 aromatic heterocycles. The SMILES string of the molecule is Cc1c(C(=O)N2CCCCC2=O)cnn1-c1nc2c(c(=O)[nH]1)CCC2. The van der Waals surface area contributed by atoms with Crippen LogP contribution in [0.25, 0.3) is 5.95 Å². The number of nitrogens with one attached hydrogen (secondary N) is 1. The van der Waals surface area contributed by atoms with Gasteiger partial charge in [0.25, 0.3) is 11.5 Å². The highest BCUT2D eigenvalue weighted by Crippen LogP contribution is 2.20. The van der Waals surface area contributed by atoms with Crippen molar-refractivity contribution < 1.29 is 9.59 Å². The number of rotatable bonds is 2. The van der Waals surface area contributed by atoms with Gasteiger partial charge >= 0.3 is 0 Å². The lowest BCUT2D eigenvalue weighted by molar-refractivity contribution is -0.130. The first-order valence-electron chi connectivity index (χ1n) is 8.58. The number of imide groups is 1. The van der Waals surface area contributed by atoms with E-state index in [0.29, 0.717) is 30.2 Å². The van der Waals surface area contributed by atoms with E-state index >= 15 is 0 Å². The summed E-state index contributed by atoms with van der Waals surface area (Å²) in [6.07, 6.45) is 5.93. The van der Waals surface area contributed by atoms with Crippen molar-refractivity contribution in [2.75, 3.05) is 6.54 Å². The van der Waals surface area contributed by atoms with Crippen LogP contribution in [0.4, 0.5) is 0 Å². The van der Waals surface area contributed by atoms with Gasteiger partial charge in [0.2, 0.25) is 11.9 Å². The molecule has 0 saturated carbocycles. The van der Waals surface area contributed by atoms with Crippen LogP contribution in [0.1, 0.15) is 53.0 Å². The van der Waals surface area contributed by atoms with Gasteiger partial charge in [-0.05, 0) is 39.0 Å². The largest absolute Gasteiger partial charge is 0.291 e. The van der Waals surface area contributed by atoms with Crippen molar-refractivity contribution in [1.82, 2.24) is 24.6 Å². The average Bonchev–Trinajstić information content (AvgIpc) is 3.21. The first kappa shape index (κ1) is 15.7. The number of aromatic amines is 1. The second kappa shape index (κ2) is 5.94. The quantitative estimate of drug-likeness (QED) is 0.818. The lowest BCUT2D eigenvalue weighted by Gasteiger charge is -2.24. The Morgan fingerprint density at radius 3 is 2.80 bits per heavy atom. The fourth-order valence-electron chi connectivity index (χ4n) is 3.53. The van der Waals surface area contributed by atoms with Crippen LogP contribution in [0.3, 0.4) is 0 Å². The molecule has 1 fully saturated rings. The Balaban J connectivity index is 1.70. The van der Waals surface area contributed by atoms with Crippen molar-refractivity contribution in [3.8, 4) is 5.95 Å². The number of hydrogen-bond acceptors (Lipinski definition) is 5. The molecule has 25 heavy (non-hydrogen) atoms. The minimum absolute atomic E-state index is 0.146. The fourth-order valence-corrected chi connectivity index (χ4v) is 3.53. The van der Waals surface area contributed by atoms with Gasteiger partial charge in [0, 0.05) is 18.5 Å². The summed E-state index contributed by atoms with van der Waals surface area (Å²) >= 11 is 0. The predicted molar refractivity (Wildman–Crippen MR) is 88.6 cm³/mol. The van der Waals surface area contributed by atoms with Gasteiger partial charge in [-0.3, -0.25) is 24.3 Å². The third-order valence-corrected chi connectivity index (χ3v) is 4.94. The van der Waals surface area contributed by atoms with Crippen molar-refractivity contribution in [2.24, 2.45) is 0 Å². The smallest absolute Gasteiger partial charge is 0.263 e. The number of carbonyl (C=O) groups is 2. The summed E-state index contributed by atoms with van der Waals surface area (Å²) in [5, 5.41) is 4.22. The molecule has 1 saturated heterocycles. The van der Waals surface area contributed by atoms with E-state index < -0.39 is 0 Å². The summed E-state index contributed by atoms with van der Waals surface area (Å²) in [7, 11) is 0. The number of aryl methyl sites for hydroxylation is 1. The van der Waals surface area contributed by atoms with Crippen LogP contribution < -0.4 is 5.56 Å². The number of carbonyl (C=O) groups excluding carboxylic acids is 2. The van der Waals surface area contributed by atoms with Crippen LogP contribution in [0.15, 0.2) is 11.0 Å². The number of nitrogens with zero attached hydrogens (tertiary/aromatic N) is 4. The maximum atomic E-state index is 12.7. The summed E-state index contributed by atoms with van der Waals surface area (Å²) in [6, 6.07) is 0. The normalized spacial score (nSPS) is 17.0. The van der Waals surface area contributed by atoms with E-state index in [1.165, 1.54) is 15.8 Å². The van der Waals surface area contributed by atoms with Crippen molar-refractivity contribution in [1.29, 1.82) is 0 Å². The third kappa shape index (κ3) is 2.57. The first-order valence-corrected chi connectivity index (χ1v) is 8.58. The Labute approximate surface area is 143 Å². The van der Waals surface area contributed by atoms with Gasteiger partial charge in [0.05, 0.1) is 23.1 Å². The van der Waals surface area contributed by atoms with Gasteiger partial charge < -0.3 is 0 Å². The summed E-state index contributed by atoms with van der Waals surface area (Å²) in [6.45, 7) is 2.18. The summed E-state index contributed by atoms with van der Waals surface area (Å²) in [5.74, 6) is -0.170. The van der Waals surface area contributed by atoms with Gasteiger partial charge in [-0.2, -0.15) is 5.10 Å². The summed E-state index contributed by atoms with van der Waals surface area (Å²) in [5.41, 5.74) is 2.31. The number of fused-ring (bicyclic) bond motifs is 1. The zero-order chi connectivity index (χ0) is 17.6. The summed E-state index contributed by atoms with van der Waals surface area (Å²) < 4.78 is 1.46. The highest BCUT2D eigenvalue weighted by molar-refractivity contribution is 6.05. The van der Waals surface area contributed by atoms with Crippen LogP contribution in [0, 0.1) is 6.92 Å². The van der Waals surface area contributed by atoms with Crippen molar-refractivity contribution >= 4 is 11.8 Å². The zero-order valence-corrected chi connectivity index (χ0v) is 14.0. The lowest BCUT2D eigenvalue weighted by atomic mass is 10.1. The molecule has 2 aliphatic rings. The second-order valence-electron chi connectivity index (χ2n) is 6.53. The highest BCUT2D eigenvalue weighted by atomic mass is 16.2. The molecule has 8 nitrogen and oxygen atoms in total. The molecule has 130 valence electrons. The van der Waals surface area contributed by atoms with Crippen LogP contribution in [-0.4, -0.2) is 43.0 Å². The van der Waals surface area contributed by atoms with Crippen LogP contribution in [0.2, 0.25) is 0 Å². The van der Waals surface area contributed by atoms with E-state index in [1.807, 2.05) is 0 Å². The molecule has 0 unspecified atom stereocenters. The van der Waals surface area contributed by atoms with E-state index in [2.05, 4.69) is 15.1 Å². The number of hydrogen-bond donors (Lipinski definition) is 1. The van der Waals surface area contributed by atoms with Gasteiger partial charge in [-0.15, -0.1) is 0 Å². The predicted octanol–water partition coefficient (Wildman–Crippen LogP) is 0.905. The molecular weight excluding hydrogens is 322 g/mol. The Morgan fingerprint density at radius 1 is 1.16 bits per heavy atom. The van der Waals surface area contributed by atoms with Crippen LogP contribution >= 0.6 is 0 Å². The Morgan fingerprint density at radius 2 is 2.00 bits per heavy atom. The summed E-state index contributed by atoms with van der Waals surface area (Å²) in [4.78, 5) is 45.4. The number of piperidine rings is 1. The van der Waals surface area contributed by atoms with Gasteiger partial charge in [-0.1, -0.05) is 0 Å². The van der Waals surface area contributed by atoms with Gasteiger partial charge in [0.1, 0.15) is 0 Å². The minimum Gasteiger partial charge on any atom is -0.291 e. The van der Waals surface area contributed by atoms with E-state index in [1.54, 1.807) is 6.92 Å². The first-order chi connectivity index (χ1) is 12.1. The number of likely N-dealkylation sites (tertiary alicyclic amines) is 1. The molecule has 0 radical (unpaired) electrons. The van der Waals surface area contributed by atoms with Crippen LogP contribution in [0.5, 0.6) is 0 Å². The lowest BCUT2D eigenvalue weighted by Crippen LogP contribution is -2.40. The molecule has 3 heterocycles. The molecule has 1 aliphatic carbocycles. The molecule has 1 N–H and O–H groups in total. The molecule has 2 aromatic rings. The van der Waals surface area contributed by atoms with E-state index in [4.69, 9.17) is 0 Å². The van der Waals surface area contributed by atoms with Crippen molar-refractivity contribution in [3.05, 3.63) is 39.1 Å². The highest BCUT2D eigenvalue weighted by Gasteiger charge is 2.28. The average molecular weight is 341 g/mol. The molecular formula is C17H19N5O3. The second-order valence-corrected chi connectivity index (χ2v) is 6.53. The van der Waals surface area contributed by atoms with Gasteiger partial charge in [0.15, 0.2) is 0 Å². The molecule has 0 bridgehead atoms. The Hall–Kier alpha value is -2.77. The molecule has 0 atom stereocenters. The Bertz CT molecular complexity index is 927. The number of H-pyrrole nitrogens is 1. The van der Waals surface area contributed by atoms with E-state index in [0.717, 1.165) is 43.4 Å². The maximum Gasteiger partial charge on any atom is 0.263 e. The molecule has 4 rings (SSSR count). The molecule has 2 amide bonds. The third-order valence-electron chi connectivity index (χ3n) is 4.94. The fraction of sp³-hybridized carbons (Fsp3) is 0.471. The van der Waals surface area contributed by atoms with Gasteiger partial charge in [-0.25, -0.2) is 9.67 Å². The standard InChI is InChI=1S/C17H19N5O3/c1-10-12(16(25)21-8-3-2-7-14(21)23)9-18-22(10)17-19-13-6-4-5-11(13)15(24)20-17/h9H,2-8H2,1H3,(H,19,20,24). The number of amides is 2. The monoisotopic (exact) mass is 341 g/mol. The number of aromatic nitrogens is 4.